The Bertz CT molecular complexity index is 256. The lowest BCUT2D eigenvalue weighted by molar-refractivity contribution is 0.266. The summed E-state index contributed by atoms with van der Waals surface area (Å²) >= 11 is 0. The molecule has 0 aliphatic carbocycles. The van der Waals surface area contributed by atoms with E-state index in [1.807, 2.05) is 24.3 Å². The van der Waals surface area contributed by atoms with Gasteiger partial charge in [0.1, 0.15) is 6.61 Å². The fourth-order valence-electron chi connectivity index (χ4n) is 1.15. The standard InChI is InChI=1S/C10H11O2/c1-2-9-5-3-4-6-10(9)7-12-8-11/h3-6H,2,7H2,1H3. The van der Waals surface area contributed by atoms with Crippen molar-refractivity contribution in [2.75, 3.05) is 0 Å². The number of hydrogen-bond donors (Lipinski definition) is 0. The van der Waals surface area contributed by atoms with Crippen molar-refractivity contribution in [1.82, 2.24) is 0 Å². The van der Waals surface area contributed by atoms with Gasteiger partial charge in [0.25, 0.3) is 0 Å². The molecule has 0 saturated heterocycles. The Balaban J connectivity index is 2.74. The topological polar surface area (TPSA) is 26.3 Å². The Hall–Kier alpha value is -1.31. The quantitative estimate of drug-likeness (QED) is 0.676. The lowest BCUT2D eigenvalue weighted by atomic mass is 10.1. The minimum atomic E-state index is 0.327. The van der Waals surface area contributed by atoms with Crippen molar-refractivity contribution in [2.24, 2.45) is 0 Å². The first-order chi connectivity index (χ1) is 5.88. The molecule has 12 heavy (non-hydrogen) atoms. The van der Waals surface area contributed by atoms with Crippen LogP contribution in [0.3, 0.4) is 0 Å². The molecule has 0 unspecified atom stereocenters. The van der Waals surface area contributed by atoms with Gasteiger partial charge in [0.2, 0.25) is 0 Å². The number of carbonyl (C=O) groups excluding carboxylic acids is 1. The molecule has 0 heterocycles. The summed E-state index contributed by atoms with van der Waals surface area (Å²) in [7, 11) is 0. The summed E-state index contributed by atoms with van der Waals surface area (Å²) in [6.45, 7) is 3.82. The Morgan fingerprint density at radius 2 is 2.00 bits per heavy atom. The molecule has 1 radical (unpaired) electrons. The van der Waals surface area contributed by atoms with E-state index in [1.54, 1.807) is 0 Å². The molecule has 0 aliphatic rings. The molecule has 0 saturated carbocycles. The van der Waals surface area contributed by atoms with Crippen LogP contribution in [0.1, 0.15) is 18.1 Å². The van der Waals surface area contributed by atoms with Crippen molar-refractivity contribution in [2.45, 2.75) is 20.0 Å². The van der Waals surface area contributed by atoms with E-state index in [2.05, 4.69) is 11.7 Å². The largest absolute Gasteiger partial charge is 0.452 e. The molecule has 0 aliphatic heterocycles. The van der Waals surface area contributed by atoms with Gasteiger partial charge in [-0.15, -0.1) is 0 Å². The maximum absolute atomic E-state index is 9.83. The molecule has 0 spiro atoms. The fraction of sp³-hybridized carbons (Fsp3) is 0.300. The van der Waals surface area contributed by atoms with E-state index in [4.69, 9.17) is 0 Å². The van der Waals surface area contributed by atoms with Crippen LogP contribution < -0.4 is 0 Å². The highest BCUT2D eigenvalue weighted by Crippen LogP contribution is 2.09. The van der Waals surface area contributed by atoms with Gasteiger partial charge in [0.05, 0.1) is 0 Å². The average Bonchev–Trinajstić information content (AvgIpc) is 2.15. The summed E-state index contributed by atoms with van der Waals surface area (Å²) in [5, 5.41) is 0. The zero-order valence-electron chi connectivity index (χ0n) is 7.04. The van der Waals surface area contributed by atoms with E-state index in [1.165, 1.54) is 12.0 Å². The van der Waals surface area contributed by atoms with Crippen molar-refractivity contribution in [3.05, 3.63) is 35.4 Å². The highest BCUT2D eigenvalue weighted by atomic mass is 16.5. The normalized spacial score (nSPS) is 9.42. The Morgan fingerprint density at radius 3 is 2.58 bits per heavy atom. The molecule has 2 heteroatoms. The summed E-state index contributed by atoms with van der Waals surface area (Å²) in [5.41, 5.74) is 2.27. The molecule has 63 valence electrons. The molecule has 0 aromatic heterocycles. The monoisotopic (exact) mass is 163 g/mol. The van der Waals surface area contributed by atoms with Crippen molar-refractivity contribution in [1.29, 1.82) is 0 Å². The van der Waals surface area contributed by atoms with Gasteiger partial charge in [-0.3, -0.25) is 0 Å². The van der Waals surface area contributed by atoms with Gasteiger partial charge in [-0.25, -0.2) is 4.79 Å². The second-order valence-corrected chi connectivity index (χ2v) is 2.49. The van der Waals surface area contributed by atoms with Crippen LogP contribution >= 0.6 is 0 Å². The molecule has 1 aromatic rings. The molecule has 0 N–H and O–H groups in total. The van der Waals surface area contributed by atoms with E-state index in [0.717, 1.165) is 12.0 Å². The van der Waals surface area contributed by atoms with Crippen molar-refractivity contribution in [3.63, 3.8) is 0 Å². The SMILES string of the molecule is CCc1ccccc1CO[C]=O. The van der Waals surface area contributed by atoms with Gasteiger partial charge in [0.15, 0.2) is 0 Å². The molecule has 1 rings (SSSR count). The number of aryl methyl sites for hydroxylation is 1. The first-order valence-corrected chi connectivity index (χ1v) is 3.94. The van der Waals surface area contributed by atoms with Crippen molar-refractivity contribution >= 4 is 6.47 Å². The number of rotatable bonds is 4. The van der Waals surface area contributed by atoms with Crippen LogP contribution in [0.25, 0.3) is 0 Å². The predicted molar refractivity (Wildman–Crippen MR) is 46.3 cm³/mol. The third-order valence-corrected chi connectivity index (χ3v) is 1.79. The summed E-state index contributed by atoms with van der Waals surface area (Å²) in [5.74, 6) is 0. The van der Waals surface area contributed by atoms with E-state index in [9.17, 15) is 4.79 Å². The molecule has 0 atom stereocenters. The van der Waals surface area contributed by atoms with Crippen LogP contribution in [0.15, 0.2) is 24.3 Å². The maximum Gasteiger partial charge on any atom is 0.417 e. The predicted octanol–water partition coefficient (Wildman–Crippen LogP) is 1.83. The van der Waals surface area contributed by atoms with Gasteiger partial charge >= 0.3 is 6.47 Å². The molecule has 0 fully saturated rings. The van der Waals surface area contributed by atoms with E-state index in [-0.39, 0.29) is 0 Å². The van der Waals surface area contributed by atoms with Crippen LogP contribution in [0.4, 0.5) is 0 Å². The van der Waals surface area contributed by atoms with Crippen molar-refractivity contribution < 1.29 is 9.53 Å². The minimum absolute atomic E-state index is 0.327. The molecule has 2 nitrogen and oxygen atoms in total. The third kappa shape index (κ3) is 2.09. The summed E-state index contributed by atoms with van der Waals surface area (Å²) < 4.78 is 4.56. The maximum atomic E-state index is 9.83. The van der Waals surface area contributed by atoms with Crippen LogP contribution in [-0.4, -0.2) is 6.47 Å². The fourth-order valence-corrected chi connectivity index (χ4v) is 1.15. The number of benzene rings is 1. The van der Waals surface area contributed by atoms with Gasteiger partial charge in [-0.1, -0.05) is 31.2 Å². The van der Waals surface area contributed by atoms with Gasteiger partial charge < -0.3 is 4.74 Å². The van der Waals surface area contributed by atoms with Gasteiger partial charge in [-0.05, 0) is 17.5 Å². The highest BCUT2D eigenvalue weighted by molar-refractivity contribution is 5.39. The molecule has 0 bridgehead atoms. The first kappa shape index (κ1) is 8.78. The zero-order chi connectivity index (χ0) is 8.81. The van der Waals surface area contributed by atoms with Gasteiger partial charge in [-0.2, -0.15) is 0 Å². The third-order valence-electron chi connectivity index (χ3n) is 1.79. The van der Waals surface area contributed by atoms with Crippen LogP contribution in [0.2, 0.25) is 0 Å². The van der Waals surface area contributed by atoms with Crippen LogP contribution in [0, 0.1) is 0 Å². The molecular weight excluding hydrogens is 152 g/mol. The number of ether oxygens (including phenoxy) is 1. The van der Waals surface area contributed by atoms with Gasteiger partial charge in [0, 0.05) is 0 Å². The second kappa shape index (κ2) is 4.54. The van der Waals surface area contributed by atoms with Crippen LogP contribution in [-0.2, 0) is 22.6 Å². The zero-order valence-corrected chi connectivity index (χ0v) is 7.04. The highest BCUT2D eigenvalue weighted by Gasteiger charge is 1.98. The molecular formula is C10H11O2. The number of hydrogen-bond acceptors (Lipinski definition) is 2. The average molecular weight is 163 g/mol. The summed E-state index contributed by atoms with van der Waals surface area (Å²) in [6.07, 6.45) is 0.957. The Labute approximate surface area is 72.2 Å². The summed E-state index contributed by atoms with van der Waals surface area (Å²) in [6, 6.07) is 7.90. The Morgan fingerprint density at radius 1 is 1.33 bits per heavy atom. The van der Waals surface area contributed by atoms with E-state index < -0.39 is 0 Å². The Kier molecular flexibility index (Phi) is 3.33. The minimum Gasteiger partial charge on any atom is -0.452 e. The van der Waals surface area contributed by atoms with E-state index in [0.29, 0.717) is 6.61 Å². The second-order valence-electron chi connectivity index (χ2n) is 2.49. The summed E-state index contributed by atoms with van der Waals surface area (Å²) in [4.78, 5) is 9.83. The first-order valence-electron chi connectivity index (χ1n) is 3.94. The van der Waals surface area contributed by atoms with E-state index >= 15 is 0 Å². The van der Waals surface area contributed by atoms with Crippen molar-refractivity contribution in [3.8, 4) is 0 Å². The molecule has 0 amide bonds. The smallest absolute Gasteiger partial charge is 0.417 e. The van der Waals surface area contributed by atoms with Crippen LogP contribution in [0.5, 0.6) is 0 Å². The lowest BCUT2D eigenvalue weighted by Crippen LogP contribution is -1.95. The molecule has 1 aromatic carbocycles. The lowest BCUT2D eigenvalue weighted by Gasteiger charge is -2.04.